The maximum Gasteiger partial charge on any atom is 0.0466 e. The molecule has 2 unspecified atom stereocenters. The van der Waals surface area contributed by atoms with Gasteiger partial charge < -0.3 is 5.32 Å². The van der Waals surface area contributed by atoms with Gasteiger partial charge in [-0.2, -0.15) is 0 Å². The van der Waals surface area contributed by atoms with Gasteiger partial charge in [0.2, 0.25) is 0 Å². The summed E-state index contributed by atoms with van der Waals surface area (Å²) in [6.07, 6.45) is 7.01. The van der Waals surface area contributed by atoms with Crippen LogP contribution in [0.5, 0.6) is 0 Å². The lowest BCUT2D eigenvalue weighted by atomic mass is 9.92. The van der Waals surface area contributed by atoms with Crippen LogP contribution in [-0.4, -0.2) is 17.6 Å². The van der Waals surface area contributed by atoms with Crippen molar-refractivity contribution in [2.45, 2.75) is 58.4 Å². The molecule has 1 aliphatic rings. The van der Waals surface area contributed by atoms with E-state index in [1.165, 1.54) is 36.9 Å². The molecule has 0 saturated heterocycles. The maximum atomic E-state index is 4.59. The summed E-state index contributed by atoms with van der Waals surface area (Å²) in [6, 6.07) is 4.96. The van der Waals surface area contributed by atoms with Gasteiger partial charge in [0.15, 0.2) is 0 Å². The van der Waals surface area contributed by atoms with Gasteiger partial charge in [0.25, 0.3) is 0 Å². The summed E-state index contributed by atoms with van der Waals surface area (Å²) >= 11 is 0. The Bertz CT molecular complexity index is 373. The Hall–Kier alpha value is -0.890. The van der Waals surface area contributed by atoms with Gasteiger partial charge in [0.05, 0.1) is 0 Å². The highest BCUT2D eigenvalue weighted by molar-refractivity contribution is 5.28. The van der Waals surface area contributed by atoms with Crippen LogP contribution in [0, 0.1) is 5.92 Å². The van der Waals surface area contributed by atoms with Crippen LogP contribution in [0.15, 0.2) is 18.3 Å². The third-order valence-corrected chi connectivity index (χ3v) is 4.17. The minimum atomic E-state index is 0.655. The van der Waals surface area contributed by atoms with Crippen molar-refractivity contribution in [3.63, 3.8) is 0 Å². The van der Waals surface area contributed by atoms with Gasteiger partial charge in [-0.3, -0.25) is 4.98 Å². The first-order valence-corrected chi connectivity index (χ1v) is 7.39. The van der Waals surface area contributed by atoms with E-state index < -0.39 is 0 Å². The first-order chi connectivity index (χ1) is 8.72. The molecular weight excluding hydrogens is 220 g/mol. The number of aromatic nitrogens is 1. The molecule has 1 aromatic heterocycles. The largest absolute Gasteiger partial charge is 0.314 e. The number of hydrogen-bond donors (Lipinski definition) is 1. The summed E-state index contributed by atoms with van der Waals surface area (Å²) in [6.45, 7) is 7.90. The first kappa shape index (κ1) is 13.5. The highest BCUT2D eigenvalue weighted by Crippen LogP contribution is 2.35. The van der Waals surface area contributed by atoms with E-state index >= 15 is 0 Å². The molecule has 0 saturated carbocycles. The molecule has 18 heavy (non-hydrogen) atoms. The van der Waals surface area contributed by atoms with Crippen LogP contribution < -0.4 is 5.32 Å². The Kier molecular flexibility index (Phi) is 4.76. The fourth-order valence-corrected chi connectivity index (χ4v) is 3.09. The SMILES string of the molecule is CCNC(CCC1CCc2cccnc21)C(C)C. The Balaban J connectivity index is 1.91. The van der Waals surface area contributed by atoms with Gasteiger partial charge in [0, 0.05) is 23.9 Å². The van der Waals surface area contributed by atoms with E-state index in [0.717, 1.165) is 12.5 Å². The van der Waals surface area contributed by atoms with Crippen LogP contribution in [-0.2, 0) is 6.42 Å². The van der Waals surface area contributed by atoms with Gasteiger partial charge in [0.1, 0.15) is 0 Å². The molecule has 100 valence electrons. The van der Waals surface area contributed by atoms with Crippen molar-refractivity contribution in [1.82, 2.24) is 10.3 Å². The molecule has 1 aromatic rings. The number of pyridine rings is 1. The van der Waals surface area contributed by atoms with Crippen molar-refractivity contribution >= 4 is 0 Å². The molecular formula is C16H26N2. The van der Waals surface area contributed by atoms with E-state index in [0.29, 0.717) is 12.0 Å². The Labute approximate surface area is 111 Å². The summed E-state index contributed by atoms with van der Waals surface area (Å²) in [7, 11) is 0. The Morgan fingerprint density at radius 2 is 2.28 bits per heavy atom. The van der Waals surface area contributed by atoms with E-state index in [-0.39, 0.29) is 0 Å². The zero-order valence-corrected chi connectivity index (χ0v) is 11.9. The minimum Gasteiger partial charge on any atom is -0.314 e. The molecule has 1 heterocycles. The fraction of sp³-hybridized carbons (Fsp3) is 0.688. The summed E-state index contributed by atoms with van der Waals surface area (Å²) in [5.41, 5.74) is 2.85. The summed E-state index contributed by atoms with van der Waals surface area (Å²) in [4.78, 5) is 4.59. The van der Waals surface area contributed by atoms with Gasteiger partial charge in [-0.1, -0.05) is 26.8 Å². The van der Waals surface area contributed by atoms with Crippen LogP contribution >= 0.6 is 0 Å². The van der Waals surface area contributed by atoms with E-state index in [1.54, 1.807) is 0 Å². The van der Waals surface area contributed by atoms with Crippen LogP contribution in [0.1, 0.15) is 57.2 Å². The third kappa shape index (κ3) is 3.11. The maximum absolute atomic E-state index is 4.59. The highest BCUT2D eigenvalue weighted by atomic mass is 14.9. The number of hydrogen-bond acceptors (Lipinski definition) is 2. The number of fused-ring (bicyclic) bond motifs is 1. The van der Waals surface area contributed by atoms with Gasteiger partial charge >= 0.3 is 0 Å². The second-order valence-electron chi connectivity index (χ2n) is 5.77. The summed E-state index contributed by atoms with van der Waals surface area (Å²) in [5, 5.41) is 3.61. The van der Waals surface area contributed by atoms with E-state index in [2.05, 4.69) is 43.2 Å². The van der Waals surface area contributed by atoms with Crippen LogP contribution in [0.25, 0.3) is 0 Å². The highest BCUT2D eigenvalue weighted by Gasteiger charge is 2.24. The molecule has 0 spiro atoms. The van der Waals surface area contributed by atoms with Crippen molar-refractivity contribution in [1.29, 1.82) is 0 Å². The molecule has 0 aliphatic heterocycles. The smallest absolute Gasteiger partial charge is 0.0466 e. The lowest BCUT2D eigenvalue weighted by Gasteiger charge is -2.23. The second-order valence-corrected chi connectivity index (χ2v) is 5.77. The molecule has 1 aliphatic carbocycles. The lowest BCUT2D eigenvalue weighted by molar-refractivity contribution is 0.363. The Morgan fingerprint density at radius 3 is 3.00 bits per heavy atom. The molecule has 0 fully saturated rings. The van der Waals surface area contributed by atoms with E-state index in [4.69, 9.17) is 0 Å². The van der Waals surface area contributed by atoms with Crippen LogP contribution in [0.3, 0.4) is 0 Å². The molecule has 0 bridgehead atoms. The molecule has 1 N–H and O–H groups in total. The quantitative estimate of drug-likeness (QED) is 0.830. The number of aryl methyl sites for hydroxylation is 1. The third-order valence-electron chi connectivity index (χ3n) is 4.17. The molecule has 0 aromatic carbocycles. The van der Waals surface area contributed by atoms with Crippen molar-refractivity contribution in [3.05, 3.63) is 29.6 Å². The predicted octanol–water partition coefficient (Wildman–Crippen LogP) is 3.53. The normalized spacial score (nSPS) is 20.1. The zero-order chi connectivity index (χ0) is 13.0. The molecule has 0 amide bonds. The molecule has 2 nitrogen and oxygen atoms in total. The van der Waals surface area contributed by atoms with Crippen LogP contribution in [0.2, 0.25) is 0 Å². The lowest BCUT2D eigenvalue weighted by Crippen LogP contribution is -2.33. The van der Waals surface area contributed by atoms with Crippen molar-refractivity contribution < 1.29 is 0 Å². The predicted molar refractivity (Wildman–Crippen MR) is 76.8 cm³/mol. The molecule has 2 atom stereocenters. The summed E-state index contributed by atoms with van der Waals surface area (Å²) < 4.78 is 0. The topological polar surface area (TPSA) is 24.9 Å². The second kappa shape index (κ2) is 6.33. The average Bonchev–Trinajstić information content (AvgIpc) is 2.77. The number of nitrogens with one attached hydrogen (secondary N) is 1. The van der Waals surface area contributed by atoms with Gasteiger partial charge in [-0.05, 0) is 49.8 Å². The van der Waals surface area contributed by atoms with Crippen molar-refractivity contribution in [2.75, 3.05) is 6.54 Å². The fourth-order valence-electron chi connectivity index (χ4n) is 3.09. The standard InChI is InChI=1S/C16H26N2/c1-4-17-15(12(2)3)10-9-14-8-7-13-6-5-11-18-16(13)14/h5-6,11-12,14-15,17H,4,7-10H2,1-3H3. The van der Waals surface area contributed by atoms with E-state index in [9.17, 15) is 0 Å². The molecule has 0 radical (unpaired) electrons. The van der Waals surface area contributed by atoms with E-state index in [1.807, 2.05) is 6.20 Å². The average molecular weight is 246 g/mol. The molecule has 2 heteroatoms. The number of nitrogens with zero attached hydrogens (tertiary/aromatic N) is 1. The minimum absolute atomic E-state index is 0.655. The van der Waals surface area contributed by atoms with Gasteiger partial charge in [-0.15, -0.1) is 0 Å². The molecule has 2 rings (SSSR count). The zero-order valence-electron chi connectivity index (χ0n) is 11.9. The first-order valence-electron chi connectivity index (χ1n) is 7.39. The van der Waals surface area contributed by atoms with Crippen molar-refractivity contribution in [2.24, 2.45) is 5.92 Å². The van der Waals surface area contributed by atoms with Crippen LogP contribution in [0.4, 0.5) is 0 Å². The monoisotopic (exact) mass is 246 g/mol. The van der Waals surface area contributed by atoms with Gasteiger partial charge in [-0.25, -0.2) is 0 Å². The summed E-state index contributed by atoms with van der Waals surface area (Å²) in [5.74, 6) is 1.41. The Morgan fingerprint density at radius 1 is 1.44 bits per heavy atom. The van der Waals surface area contributed by atoms with Crippen molar-refractivity contribution in [3.8, 4) is 0 Å². The number of rotatable bonds is 6.